The van der Waals surface area contributed by atoms with Crippen LogP contribution >= 0.6 is 0 Å². The summed E-state index contributed by atoms with van der Waals surface area (Å²) < 4.78 is 0. The molecule has 0 aromatic heterocycles. The van der Waals surface area contributed by atoms with E-state index in [0.717, 1.165) is 6.04 Å². The molecule has 0 spiro atoms. The quantitative estimate of drug-likeness (QED) is 0.594. The fourth-order valence-electron chi connectivity index (χ4n) is 1.75. The summed E-state index contributed by atoms with van der Waals surface area (Å²) in [5.41, 5.74) is 0. The van der Waals surface area contributed by atoms with E-state index in [-0.39, 0.29) is 0 Å². The Kier molecular flexibility index (Phi) is 8.20. The molecule has 0 saturated carbocycles. The van der Waals surface area contributed by atoms with Crippen molar-refractivity contribution in [3.05, 3.63) is 0 Å². The third-order valence-corrected chi connectivity index (χ3v) is 2.64. The predicted octanol–water partition coefficient (Wildman–Crippen LogP) is 2.45. The summed E-state index contributed by atoms with van der Waals surface area (Å²) in [6, 6.07) is 0.734. The first-order valence-corrected chi connectivity index (χ1v) is 6.00. The first kappa shape index (κ1) is 13.9. The van der Waals surface area contributed by atoms with Crippen LogP contribution in [-0.4, -0.2) is 49.6 Å². The van der Waals surface area contributed by atoms with Gasteiger partial charge in [-0.05, 0) is 59.9 Å². The van der Waals surface area contributed by atoms with E-state index in [1.54, 1.807) is 0 Å². The van der Waals surface area contributed by atoms with Crippen molar-refractivity contribution in [3.63, 3.8) is 0 Å². The molecule has 0 aliphatic heterocycles. The highest BCUT2D eigenvalue weighted by atomic mass is 15.2. The molecular formula is C12H28N2. The molecule has 2 nitrogen and oxygen atoms in total. The van der Waals surface area contributed by atoms with Crippen LogP contribution in [0.3, 0.4) is 0 Å². The first-order valence-electron chi connectivity index (χ1n) is 6.00. The molecule has 0 rings (SSSR count). The van der Waals surface area contributed by atoms with E-state index in [1.165, 1.54) is 38.9 Å². The SMILES string of the molecule is CCCN(CCC)C(C)CCN(C)C. The Balaban J connectivity index is 3.81. The number of hydrogen-bond donors (Lipinski definition) is 0. The molecule has 0 aliphatic carbocycles. The Morgan fingerprint density at radius 2 is 1.43 bits per heavy atom. The van der Waals surface area contributed by atoms with Gasteiger partial charge in [0.2, 0.25) is 0 Å². The van der Waals surface area contributed by atoms with Crippen LogP contribution in [0.5, 0.6) is 0 Å². The minimum absolute atomic E-state index is 0.734. The van der Waals surface area contributed by atoms with Crippen molar-refractivity contribution in [1.29, 1.82) is 0 Å². The molecule has 0 aromatic rings. The number of rotatable bonds is 8. The molecule has 0 radical (unpaired) electrons. The summed E-state index contributed by atoms with van der Waals surface area (Å²) in [6.07, 6.45) is 3.83. The van der Waals surface area contributed by atoms with Crippen LogP contribution in [-0.2, 0) is 0 Å². The normalized spacial score (nSPS) is 13.9. The van der Waals surface area contributed by atoms with Crippen LogP contribution in [0.25, 0.3) is 0 Å². The average Bonchev–Trinajstić information content (AvgIpc) is 2.14. The van der Waals surface area contributed by atoms with E-state index in [1.807, 2.05) is 0 Å². The zero-order valence-corrected chi connectivity index (χ0v) is 10.7. The van der Waals surface area contributed by atoms with Gasteiger partial charge in [0.25, 0.3) is 0 Å². The van der Waals surface area contributed by atoms with E-state index in [2.05, 4.69) is 44.7 Å². The van der Waals surface area contributed by atoms with E-state index in [9.17, 15) is 0 Å². The molecule has 0 aromatic carbocycles. The van der Waals surface area contributed by atoms with Crippen LogP contribution in [0, 0.1) is 0 Å². The van der Waals surface area contributed by atoms with Crippen molar-refractivity contribution in [3.8, 4) is 0 Å². The van der Waals surface area contributed by atoms with Gasteiger partial charge in [0, 0.05) is 6.04 Å². The van der Waals surface area contributed by atoms with Crippen LogP contribution in [0.2, 0.25) is 0 Å². The summed E-state index contributed by atoms with van der Waals surface area (Å²) in [5, 5.41) is 0. The van der Waals surface area contributed by atoms with Crippen molar-refractivity contribution >= 4 is 0 Å². The molecule has 0 bridgehead atoms. The molecule has 0 saturated heterocycles. The maximum absolute atomic E-state index is 2.61. The largest absolute Gasteiger partial charge is 0.309 e. The van der Waals surface area contributed by atoms with Gasteiger partial charge in [-0.1, -0.05) is 13.8 Å². The summed E-state index contributed by atoms with van der Waals surface area (Å²) in [6.45, 7) is 10.6. The Hall–Kier alpha value is -0.0800. The molecule has 2 heteroatoms. The first-order chi connectivity index (χ1) is 6.61. The summed E-state index contributed by atoms with van der Waals surface area (Å²) in [5.74, 6) is 0. The number of nitrogens with zero attached hydrogens (tertiary/aromatic N) is 2. The van der Waals surface area contributed by atoms with Gasteiger partial charge in [-0.2, -0.15) is 0 Å². The third kappa shape index (κ3) is 6.39. The van der Waals surface area contributed by atoms with Crippen molar-refractivity contribution in [2.24, 2.45) is 0 Å². The molecule has 0 N–H and O–H groups in total. The van der Waals surface area contributed by atoms with E-state index >= 15 is 0 Å². The Labute approximate surface area is 90.3 Å². The minimum atomic E-state index is 0.734. The van der Waals surface area contributed by atoms with Gasteiger partial charge < -0.3 is 9.80 Å². The van der Waals surface area contributed by atoms with Gasteiger partial charge in [-0.25, -0.2) is 0 Å². The Morgan fingerprint density at radius 1 is 0.929 bits per heavy atom. The van der Waals surface area contributed by atoms with Crippen molar-refractivity contribution in [2.75, 3.05) is 33.7 Å². The Bertz CT molecular complexity index is 117. The molecular weight excluding hydrogens is 172 g/mol. The Morgan fingerprint density at radius 3 is 1.79 bits per heavy atom. The monoisotopic (exact) mass is 200 g/mol. The fourth-order valence-corrected chi connectivity index (χ4v) is 1.75. The minimum Gasteiger partial charge on any atom is -0.309 e. The van der Waals surface area contributed by atoms with Crippen LogP contribution in [0.1, 0.15) is 40.0 Å². The molecule has 1 unspecified atom stereocenters. The second-order valence-electron chi connectivity index (χ2n) is 4.48. The van der Waals surface area contributed by atoms with Gasteiger partial charge in [-0.3, -0.25) is 0 Å². The summed E-state index contributed by atoms with van der Waals surface area (Å²) in [7, 11) is 4.30. The van der Waals surface area contributed by atoms with E-state index in [4.69, 9.17) is 0 Å². The lowest BCUT2D eigenvalue weighted by molar-refractivity contribution is 0.188. The topological polar surface area (TPSA) is 6.48 Å². The summed E-state index contributed by atoms with van der Waals surface area (Å²) >= 11 is 0. The lowest BCUT2D eigenvalue weighted by atomic mass is 10.2. The zero-order valence-electron chi connectivity index (χ0n) is 10.7. The van der Waals surface area contributed by atoms with Crippen molar-refractivity contribution < 1.29 is 0 Å². The van der Waals surface area contributed by atoms with Gasteiger partial charge >= 0.3 is 0 Å². The lowest BCUT2D eigenvalue weighted by Gasteiger charge is -2.29. The average molecular weight is 200 g/mol. The molecule has 1 atom stereocenters. The zero-order chi connectivity index (χ0) is 11.0. The van der Waals surface area contributed by atoms with Crippen molar-refractivity contribution in [2.45, 2.75) is 46.1 Å². The van der Waals surface area contributed by atoms with Crippen LogP contribution < -0.4 is 0 Å². The fraction of sp³-hybridized carbons (Fsp3) is 1.00. The number of hydrogen-bond acceptors (Lipinski definition) is 2. The van der Waals surface area contributed by atoms with Crippen LogP contribution in [0.4, 0.5) is 0 Å². The molecule has 14 heavy (non-hydrogen) atoms. The van der Waals surface area contributed by atoms with Gasteiger partial charge in [-0.15, -0.1) is 0 Å². The highest BCUT2D eigenvalue weighted by molar-refractivity contribution is 4.67. The lowest BCUT2D eigenvalue weighted by Crippen LogP contribution is -2.36. The van der Waals surface area contributed by atoms with Crippen LogP contribution in [0.15, 0.2) is 0 Å². The second-order valence-corrected chi connectivity index (χ2v) is 4.48. The van der Waals surface area contributed by atoms with Gasteiger partial charge in [0.15, 0.2) is 0 Å². The predicted molar refractivity (Wildman–Crippen MR) is 64.8 cm³/mol. The molecule has 0 fully saturated rings. The third-order valence-electron chi connectivity index (χ3n) is 2.64. The van der Waals surface area contributed by atoms with Gasteiger partial charge in [0.1, 0.15) is 0 Å². The van der Waals surface area contributed by atoms with E-state index in [0.29, 0.717) is 0 Å². The molecule has 86 valence electrons. The highest BCUT2D eigenvalue weighted by Gasteiger charge is 2.11. The molecule has 0 aliphatic rings. The van der Waals surface area contributed by atoms with Gasteiger partial charge in [0.05, 0.1) is 0 Å². The highest BCUT2D eigenvalue weighted by Crippen LogP contribution is 2.06. The maximum Gasteiger partial charge on any atom is 0.00790 e. The maximum atomic E-state index is 2.61. The molecule has 0 heterocycles. The van der Waals surface area contributed by atoms with Crippen molar-refractivity contribution in [1.82, 2.24) is 9.80 Å². The standard InChI is InChI=1S/C12H28N2/c1-6-9-14(10-7-2)12(3)8-11-13(4)5/h12H,6-11H2,1-5H3. The second kappa shape index (κ2) is 8.25. The summed E-state index contributed by atoms with van der Waals surface area (Å²) in [4.78, 5) is 4.88. The smallest absolute Gasteiger partial charge is 0.00790 e. The van der Waals surface area contributed by atoms with E-state index < -0.39 is 0 Å². The molecule has 0 amide bonds.